The molecule has 164 valence electrons. The number of nitrogens with one attached hydrogen (secondary N) is 1. The van der Waals surface area contributed by atoms with E-state index < -0.39 is 16.1 Å². The van der Waals surface area contributed by atoms with Gasteiger partial charge in [-0.3, -0.25) is 9.52 Å². The maximum absolute atomic E-state index is 13.4. The van der Waals surface area contributed by atoms with Crippen molar-refractivity contribution in [2.24, 2.45) is 5.10 Å². The molecule has 32 heavy (non-hydrogen) atoms. The van der Waals surface area contributed by atoms with Gasteiger partial charge in [-0.2, -0.15) is 5.10 Å². The molecule has 1 aliphatic rings. The molecule has 0 aliphatic carbocycles. The average molecular weight is 450 g/mol. The lowest BCUT2D eigenvalue weighted by Gasteiger charge is -2.24. The molecule has 0 aromatic heterocycles. The van der Waals surface area contributed by atoms with Gasteiger partial charge in [0, 0.05) is 23.1 Å². The molecule has 1 aliphatic heterocycles. The molecule has 1 N–H and O–H groups in total. The minimum Gasteiger partial charge on any atom is -0.496 e. The number of nitrogens with zero attached hydrogens (tertiary/aromatic N) is 2. The normalized spacial score (nSPS) is 15.9. The zero-order chi connectivity index (χ0) is 22.7. The summed E-state index contributed by atoms with van der Waals surface area (Å²) in [6.45, 7) is 0. The monoisotopic (exact) mass is 449 g/mol. The largest absolute Gasteiger partial charge is 0.496 e. The third-order valence-electron chi connectivity index (χ3n) is 5.17. The van der Waals surface area contributed by atoms with Crippen molar-refractivity contribution in [1.82, 2.24) is 5.01 Å². The van der Waals surface area contributed by atoms with Crippen LogP contribution in [-0.2, 0) is 10.0 Å². The van der Waals surface area contributed by atoms with Crippen molar-refractivity contribution < 1.29 is 17.9 Å². The van der Waals surface area contributed by atoms with E-state index >= 15 is 0 Å². The van der Waals surface area contributed by atoms with Gasteiger partial charge in [-0.25, -0.2) is 13.4 Å². The van der Waals surface area contributed by atoms with Crippen molar-refractivity contribution in [3.63, 3.8) is 0 Å². The number of para-hydroxylation sites is 2. The molecule has 1 atom stereocenters. The number of hydrogen-bond acceptors (Lipinski definition) is 5. The van der Waals surface area contributed by atoms with Gasteiger partial charge in [0.2, 0.25) is 10.0 Å². The summed E-state index contributed by atoms with van der Waals surface area (Å²) in [5, 5.41) is 6.11. The summed E-state index contributed by atoms with van der Waals surface area (Å²) in [5.41, 5.74) is 3.05. The van der Waals surface area contributed by atoms with Gasteiger partial charge in [-0.05, 0) is 30.3 Å². The molecule has 1 amide bonds. The number of ether oxygens (including phenoxy) is 1. The number of benzene rings is 3. The van der Waals surface area contributed by atoms with E-state index in [4.69, 9.17) is 4.74 Å². The van der Waals surface area contributed by atoms with Gasteiger partial charge in [0.05, 0.1) is 30.8 Å². The highest BCUT2D eigenvalue weighted by atomic mass is 32.2. The number of hydrazone groups is 1. The maximum Gasteiger partial charge on any atom is 0.274 e. The Bertz CT molecular complexity index is 1270. The Morgan fingerprint density at radius 3 is 2.38 bits per heavy atom. The SMILES string of the molecule is COc1ccccc1C1=NN(C(=O)c2ccccc2)[C@H](c2ccccc2NS(C)(=O)=O)C1. The van der Waals surface area contributed by atoms with Crippen molar-refractivity contribution in [2.45, 2.75) is 12.5 Å². The molecule has 0 radical (unpaired) electrons. The molecule has 7 nitrogen and oxygen atoms in total. The third kappa shape index (κ3) is 4.50. The van der Waals surface area contributed by atoms with Crippen LogP contribution < -0.4 is 9.46 Å². The van der Waals surface area contributed by atoms with E-state index in [2.05, 4.69) is 9.82 Å². The Labute approximate surface area is 187 Å². The molecule has 0 bridgehead atoms. The second kappa shape index (κ2) is 8.84. The average Bonchev–Trinajstić information content (AvgIpc) is 3.23. The van der Waals surface area contributed by atoms with Gasteiger partial charge in [0.1, 0.15) is 5.75 Å². The molecule has 4 rings (SSSR count). The predicted molar refractivity (Wildman–Crippen MR) is 124 cm³/mol. The molecule has 0 spiro atoms. The van der Waals surface area contributed by atoms with Gasteiger partial charge in [-0.15, -0.1) is 0 Å². The molecule has 3 aromatic rings. The number of carbonyl (C=O) groups is 1. The summed E-state index contributed by atoms with van der Waals surface area (Å²) in [5.74, 6) is 0.385. The van der Waals surface area contributed by atoms with Gasteiger partial charge in [0.25, 0.3) is 5.91 Å². The first-order valence-corrected chi connectivity index (χ1v) is 11.9. The lowest BCUT2D eigenvalue weighted by molar-refractivity contribution is 0.0712. The molecule has 3 aromatic carbocycles. The van der Waals surface area contributed by atoms with Crippen molar-refractivity contribution in [3.8, 4) is 5.75 Å². The Kier molecular flexibility index (Phi) is 5.96. The molecule has 0 saturated carbocycles. The highest BCUT2D eigenvalue weighted by Gasteiger charge is 2.36. The first-order valence-electron chi connectivity index (χ1n) is 10.0. The predicted octanol–water partition coefficient (Wildman–Crippen LogP) is 4.06. The molecule has 0 saturated heterocycles. The zero-order valence-electron chi connectivity index (χ0n) is 17.7. The van der Waals surface area contributed by atoms with Gasteiger partial charge in [-0.1, -0.05) is 48.5 Å². The van der Waals surface area contributed by atoms with Crippen LogP contribution in [0.2, 0.25) is 0 Å². The van der Waals surface area contributed by atoms with Crippen LogP contribution in [0.4, 0.5) is 5.69 Å². The minimum atomic E-state index is -3.51. The first-order chi connectivity index (χ1) is 15.4. The topological polar surface area (TPSA) is 88.1 Å². The molecule has 0 unspecified atom stereocenters. The van der Waals surface area contributed by atoms with E-state index in [1.54, 1.807) is 43.5 Å². The Balaban J connectivity index is 1.81. The number of carbonyl (C=O) groups excluding carboxylic acids is 1. The maximum atomic E-state index is 13.4. The van der Waals surface area contributed by atoms with Crippen LogP contribution in [0, 0.1) is 0 Å². The Morgan fingerprint density at radius 2 is 1.66 bits per heavy atom. The van der Waals surface area contributed by atoms with Crippen LogP contribution in [0.3, 0.4) is 0 Å². The number of sulfonamides is 1. The number of methoxy groups -OCH3 is 1. The van der Waals surface area contributed by atoms with Gasteiger partial charge >= 0.3 is 0 Å². The second-order valence-corrected chi connectivity index (χ2v) is 9.19. The Morgan fingerprint density at radius 1 is 1.00 bits per heavy atom. The van der Waals surface area contributed by atoms with E-state index in [0.29, 0.717) is 34.7 Å². The molecule has 8 heteroatoms. The van der Waals surface area contributed by atoms with Crippen LogP contribution in [-0.4, -0.2) is 38.4 Å². The van der Waals surface area contributed by atoms with E-state index in [1.165, 1.54) is 5.01 Å². The van der Waals surface area contributed by atoms with Gasteiger partial charge < -0.3 is 4.74 Å². The Hall–Kier alpha value is -3.65. The summed E-state index contributed by atoms with van der Waals surface area (Å²) in [6.07, 6.45) is 1.50. The highest BCUT2D eigenvalue weighted by Crippen LogP contribution is 2.38. The number of anilines is 1. The van der Waals surface area contributed by atoms with Crippen LogP contribution in [0.25, 0.3) is 0 Å². The van der Waals surface area contributed by atoms with E-state index in [0.717, 1.165) is 11.8 Å². The quantitative estimate of drug-likeness (QED) is 0.615. The molecule has 0 fully saturated rings. The summed E-state index contributed by atoms with van der Waals surface area (Å²) >= 11 is 0. The van der Waals surface area contributed by atoms with Gasteiger partial charge in [0.15, 0.2) is 0 Å². The summed E-state index contributed by atoms with van der Waals surface area (Å²) in [4.78, 5) is 13.4. The second-order valence-electron chi connectivity index (χ2n) is 7.44. The number of amides is 1. The van der Waals surface area contributed by atoms with Crippen LogP contribution >= 0.6 is 0 Å². The fourth-order valence-corrected chi connectivity index (χ4v) is 4.36. The lowest BCUT2D eigenvalue weighted by Crippen LogP contribution is -2.28. The third-order valence-corrected chi connectivity index (χ3v) is 5.76. The smallest absolute Gasteiger partial charge is 0.274 e. The van der Waals surface area contributed by atoms with Crippen molar-refractivity contribution in [3.05, 3.63) is 95.6 Å². The van der Waals surface area contributed by atoms with E-state index in [1.807, 2.05) is 42.5 Å². The molecular formula is C24H23N3O4S. The van der Waals surface area contributed by atoms with Crippen LogP contribution in [0.5, 0.6) is 5.75 Å². The van der Waals surface area contributed by atoms with Crippen molar-refractivity contribution in [1.29, 1.82) is 0 Å². The van der Waals surface area contributed by atoms with Crippen molar-refractivity contribution >= 4 is 27.3 Å². The van der Waals surface area contributed by atoms with Crippen molar-refractivity contribution in [2.75, 3.05) is 18.1 Å². The summed E-state index contributed by atoms with van der Waals surface area (Å²) in [6, 6.07) is 22.9. The first kappa shape index (κ1) is 21.6. The summed E-state index contributed by atoms with van der Waals surface area (Å²) < 4.78 is 31.9. The van der Waals surface area contributed by atoms with E-state index in [9.17, 15) is 13.2 Å². The highest BCUT2D eigenvalue weighted by molar-refractivity contribution is 7.92. The fraction of sp³-hybridized carbons (Fsp3) is 0.167. The lowest BCUT2D eigenvalue weighted by atomic mass is 9.96. The minimum absolute atomic E-state index is 0.269. The fourth-order valence-electron chi connectivity index (χ4n) is 3.78. The molecular weight excluding hydrogens is 426 g/mol. The number of hydrogen-bond donors (Lipinski definition) is 1. The number of rotatable bonds is 6. The standard InChI is InChI=1S/C24H23N3O4S/c1-31-23-15-9-7-13-19(23)21-16-22(18-12-6-8-14-20(18)26-32(2,29)30)27(25-21)24(28)17-10-4-3-5-11-17/h3-15,22,26H,16H2,1-2H3/t22-/m0/s1. The van der Waals surface area contributed by atoms with Crippen LogP contribution in [0.1, 0.15) is 33.9 Å². The van der Waals surface area contributed by atoms with E-state index in [-0.39, 0.29) is 5.91 Å². The molecule has 1 heterocycles. The summed E-state index contributed by atoms with van der Waals surface area (Å²) in [7, 11) is -1.92. The van der Waals surface area contributed by atoms with Crippen LogP contribution in [0.15, 0.2) is 84.0 Å². The zero-order valence-corrected chi connectivity index (χ0v) is 18.5.